The summed E-state index contributed by atoms with van der Waals surface area (Å²) >= 11 is 0. The van der Waals surface area contributed by atoms with Gasteiger partial charge in [-0.1, -0.05) is 133 Å². The van der Waals surface area contributed by atoms with Crippen molar-refractivity contribution in [2.75, 3.05) is 4.90 Å². The molecule has 248 valence electrons. The zero-order valence-corrected chi connectivity index (χ0v) is 27.8. The lowest BCUT2D eigenvalue weighted by Gasteiger charge is -2.27. The standard InChI is InChI=1S/C50H31NO2/c1-3-13-38-32(10-1)12-7-16-39(38)34-22-27-36(28-23-34)51(44-18-9-21-47-49(44)43-31-26-33-11-2-4-14-41(33)50(43)53-47)37-29-24-35(25-30-37)40-17-8-20-46-48(40)42-15-5-6-19-45(42)52-46/h1-31H/i1D,3D,7D,10D,12D,13D,16D,22D,23D,27D,28D. The molecule has 11 aromatic rings. The molecule has 2 aromatic heterocycles. The fraction of sp³-hybridized carbons (Fsp3) is 0. The molecule has 3 nitrogen and oxygen atoms in total. The van der Waals surface area contributed by atoms with Gasteiger partial charge in [0.1, 0.15) is 22.3 Å². The van der Waals surface area contributed by atoms with Crippen LogP contribution in [0.5, 0.6) is 0 Å². The fourth-order valence-electron chi connectivity index (χ4n) is 7.46. The second-order valence-electron chi connectivity index (χ2n) is 12.8. The van der Waals surface area contributed by atoms with E-state index in [4.69, 9.17) is 18.4 Å². The van der Waals surface area contributed by atoms with Crippen LogP contribution in [0.2, 0.25) is 0 Å². The molecule has 0 unspecified atom stereocenters. The van der Waals surface area contributed by atoms with Crippen molar-refractivity contribution in [1.82, 2.24) is 0 Å². The summed E-state index contributed by atoms with van der Waals surface area (Å²) in [6.45, 7) is 0. The van der Waals surface area contributed by atoms with Crippen LogP contribution in [0.3, 0.4) is 0 Å². The lowest BCUT2D eigenvalue weighted by Crippen LogP contribution is -2.10. The van der Waals surface area contributed by atoms with Crippen LogP contribution in [-0.4, -0.2) is 0 Å². The summed E-state index contributed by atoms with van der Waals surface area (Å²) in [6.07, 6.45) is 0. The Hall–Kier alpha value is -7.10. The Morgan fingerprint density at radius 1 is 0.396 bits per heavy atom. The maximum Gasteiger partial charge on any atom is 0.143 e. The van der Waals surface area contributed by atoms with Crippen molar-refractivity contribution in [3.05, 3.63) is 188 Å². The minimum absolute atomic E-state index is 0.141. The highest BCUT2D eigenvalue weighted by atomic mass is 16.3. The van der Waals surface area contributed by atoms with Crippen LogP contribution in [0, 0.1) is 0 Å². The van der Waals surface area contributed by atoms with Crippen molar-refractivity contribution in [3.63, 3.8) is 0 Å². The van der Waals surface area contributed by atoms with E-state index in [0.717, 1.165) is 49.2 Å². The third kappa shape index (κ3) is 4.68. The Morgan fingerprint density at radius 2 is 1.13 bits per heavy atom. The number of para-hydroxylation sites is 1. The van der Waals surface area contributed by atoms with E-state index >= 15 is 0 Å². The zero-order valence-electron chi connectivity index (χ0n) is 38.8. The summed E-state index contributed by atoms with van der Waals surface area (Å²) < 4.78 is 112. The van der Waals surface area contributed by atoms with E-state index in [9.17, 15) is 5.48 Å². The molecule has 0 N–H and O–H groups in total. The Bertz CT molecular complexity index is 3780. The molecule has 0 amide bonds. The van der Waals surface area contributed by atoms with Crippen LogP contribution in [-0.2, 0) is 0 Å². The molecule has 11 rings (SSSR count). The number of fused-ring (bicyclic) bond motifs is 9. The SMILES string of the molecule is [2H]c1c([2H])c(N(c2ccc(-c3cccc4oc5ccccc5c34)cc2)c2cccc3oc4c5ccccc5ccc4c23)c([2H])c([2H])c1-c1c([2H])c([2H])c([2H])c2c([2H])c([2H])c([2H])c([2H])c12. The predicted octanol–water partition coefficient (Wildman–Crippen LogP) is 14.6. The van der Waals surface area contributed by atoms with E-state index in [0.29, 0.717) is 27.9 Å². The maximum atomic E-state index is 9.70. The number of benzene rings is 9. The van der Waals surface area contributed by atoms with Crippen LogP contribution in [0.4, 0.5) is 17.1 Å². The van der Waals surface area contributed by atoms with Gasteiger partial charge in [0.2, 0.25) is 0 Å². The highest BCUT2D eigenvalue weighted by Gasteiger charge is 2.21. The van der Waals surface area contributed by atoms with E-state index in [-0.39, 0.29) is 16.5 Å². The van der Waals surface area contributed by atoms with Crippen molar-refractivity contribution in [2.45, 2.75) is 0 Å². The van der Waals surface area contributed by atoms with Crippen molar-refractivity contribution >= 4 is 82.5 Å². The van der Waals surface area contributed by atoms with Crippen molar-refractivity contribution < 1.29 is 23.9 Å². The van der Waals surface area contributed by atoms with Crippen molar-refractivity contribution in [1.29, 1.82) is 0 Å². The molecule has 9 aromatic carbocycles. The Balaban J connectivity index is 1.19. The Labute approximate surface area is 321 Å². The molecule has 0 saturated heterocycles. The van der Waals surface area contributed by atoms with Gasteiger partial charge in [-0.2, -0.15) is 0 Å². The number of hydrogen-bond donors (Lipinski definition) is 0. The van der Waals surface area contributed by atoms with Gasteiger partial charge in [-0.15, -0.1) is 0 Å². The van der Waals surface area contributed by atoms with E-state index in [1.54, 1.807) is 11.0 Å². The lowest BCUT2D eigenvalue weighted by atomic mass is 9.97. The monoisotopic (exact) mass is 688 g/mol. The molecule has 53 heavy (non-hydrogen) atoms. The van der Waals surface area contributed by atoms with Crippen LogP contribution in [0.15, 0.2) is 197 Å². The van der Waals surface area contributed by atoms with Gasteiger partial charge in [-0.25, -0.2) is 0 Å². The first-order chi connectivity index (χ1) is 30.9. The molecule has 0 fully saturated rings. The summed E-state index contributed by atoms with van der Waals surface area (Å²) in [5, 5.41) is 4.49. The normalized spacial score (nSPS) is 14.7. The number of hydrogen-bond acceptors (Lipinski definition) is 3. The van der Waals surface area contributed by atoms with Gasteiger partial charge in [0.25, 0.3) is 0 Å². The van der Waals surface area contributed by atoms with Crippen LogP contribution in [0.25, 0.3) is 87.7 Å². The van der Waals surface area contributed by atoms with Crippen LogP contribution in [0.1, 0.15) is 15.1 Å². The number of rotatable bonds is 5. The first-order valence-electron chi connectivity index (χ1n) is 22.6. The van der Waals surface area contributed by atoms with Gasteiger partial charge >= 0.3 is 0 Å². The Morgan fingerprint density at radius 3 is 2.02 bits per heavy atom. The van der Waals surface area contributed by atoms with E-state index in [1.807, 2.05) is 115 Å². The molecule has 2 heterocycles. The smallest absolute Gasteiger partial charge is 0.143 e. The van der Waals surface area contributed by atoms with E-state index < -0.39 is 77.6 Å². The van der Waals surface area contributed by atoms with Gasteiger partial charge in [0.05, 0.1) is 26.2 Å². The van der Waals surface area contributed by atoms with E-state index in [2.05, 4.69) is 0 Å². The average Bonchev–Trinajstić information content (AvgIpc) is 3.90. The molecule has 0 aliphatic heterocycles. The molecule has 0 aliphatic carbocycles. The molecule has 0 saturated carbocycles. The molecular weight excluding hydrogens is 647 g/mol. The summed E-state index contributed by atoms with van der Waals surface area (Å²) in [5.41, 5.74) is 4.44. The quantitative estimate of drug-likeness (QED) is 0.180. The van der Waals surface area contributed by atoms with Gasteiger partial charge < -0.3 is 13.7 Å². The highest BCUT2D eigenvalue weighted by molar-refractivity contribution is 6.19. The lowest BCUT2D eigenvalue weighted by molar-refractivity contribution is 0.669. The van der Waals surface area contributed by atoms with Crippen molar-refractivity contribution in [3.8, 4) is 22.3 Å². The van der Waals surface area contributed by atoms with Gasteiger partial charge in [0, 0.05) is 32.9 Å². The zero-order chi connectivity index (χ0) is 44.5. The maximum absolute atomic E-state index is 9.70. The van der Waals surface area contributed by atoms with E-state index in [1.165, 1.54) is 0 Å². The summed E-state index contributed by atoms with van der Waals surface area (Å²) in [5.74, 6) is 0. The number of anilines is 3. The summed E-state index contributed by atoms with van der Waals surface area (Å²) in [4.78, 5) is 1.66. The predicted molar refractivity (Wildman–Crippen MR) is 222 cm³/mol. The third-order valence-corrected chi connectivity index (χ3v) is 9.84. The molecule has 0 aliphatic rings. The first-order valence-corrected chi connectivity index (χ1v) is 17.1. The second kappa shape index (κ2) is 11.7. The first kappa shape index (κ1) is 20.7. The minimum Gasteiger partial charge on any atom is -0.456 e. The largest absolute Gasteiger partial charge is 0.456 e. The molecular formula is C50H31NO2. The molecule has 3 heteroatoms. The van der Waals surface area contributed by atoms with Gasteiger partial charge in [0.15, 0.2) is 0 Å². The molecule has 0 radical (unpaired) electrons. The Kier molecular flexibility index (Phi) is 4.57. The second-order valence-corrected chi connectivity index (χ2v) is 12.8. The molecule has 0 atom stereocenters. The molecule has 0 bridgehead atoms. The number of furan rings is 2. The van der Waals surface area contributed by atoms with Crippen molar-refractivity contribution in [2.24, 2.45) is 0 Å². The fourth-order valence-corrected chi connectivity index (χ4v) is 7.46. The van der Waals surface area contributed by atoms with Crippen LogP contribution >= 0.6 is 0 Å². The topological polar surface area (TPSA) is 29.5 Å². The summed E-state index contributed by atoms with van der Waals surface area (Å²) in [6, 6.07) is 31.8. The average molecular weight is 689 g/mol. The minimum atomic E-state index is -0.680. The van der Waals surface area contributed by atoms with Crippen LogP contribution < -0.4 is 4.90 Å². The molecule has 0 spiro atoms. The summed E-state index contributed by atoms with van der Waals surface area (Å²) in [7, 11) is 0. The third-order valence-electron chi connectivity index (χ3n) is 9.84. The number of nitrogens with zero attached hydrogens (tertiary/aromatic N) is 1. The van der Waals surface area contributed by atoms with Gasteiger partial charge in [-0.05, 0) is 93.0 Å². The highest BCUT2D eigenvalue weighted by Crippen LogP contribution is 2.45. The van der Waals surface area contributed by atoms with Gasteiger partial charge in [-0.3, -0.25) is 0 Å².